The molecule has 17 heavy (non-hydrogen) atoms. The van der Waals surface area contributed by atoms with E-state index < -0.39 is 17.3 Å². The van der Waals surface area contributed by atoms with E-state index in [1.165, 1.54) is 12.3 Å². The van der Waals surface area contributed by atoms with Gasteiger partial charge in [0.2, 0.25) is 0 Å². The van der Waals surface area contributed by atoms with Gasteiger partial charge < -0.3 is 5.73 Å². The van der Waals surface area contributed by atoms with Gasteiger partial charge in [0, 0.05) is 17.3 Å². The minimum absolute atomic E-state index is 0.205. The molecule has 0 saturated heterocycles. The number of nitrogens with zero attached hydrogens (tertiary/aromatic N) is 1. The molecule has 2 rings (SSSR count). The van der Waals surface area contributed by atoms with Crippen molar-refractivity contribution >= 4 is 17.3 Å². The van der Waals surface area contributed by atoms with Crippen molar-refractivity contribution in [3.05, 3.63) is 46.7 Å². The van der Waals surface area contributed by atoms with Gasteiger partial charge in [0.25, 0.3) is 0 Å². The van der Waals surface area contributed by atoms with E-state index in [9.17, 15) is 8.78 Å². The Morgan fingerprint density at radius 3 is 2.65 bits per heavy atom. The minimum Gasteiger partial charge on any atom is -0.394 e. The largest absolute Gasteiger partial charge is 0.394 e. The summed E-state index contributed by atoms with van der Waals surface area (Å²) in [6.07, 6.45) is 1.42. The van der Waals surface area contributed by atoms with Crippen LogP contribution in [0, 0.1) is 18.6 Å². The Morgan fingerprint density at radius 2 is 2.00 bits per heavy atom. The van der Waals surface area contributed by atoms with E-state index in [0.29, 0.717) is 16.3 Å². The van der Waals surface area contributed by atoms with Gasteiger partial charge in [0.05, 0.1) is 0 Å². The molecule has 0 saturated carbocycles. The third-order valence-electron chi connectivity index (χ3n) is 2.45. The van der Waals surface area contributed by atoms with Crippen LogP contribution in [0.5, 0.6) is 0 Å². The van der Waals surface area contributed by atoms with Crippen LogP contribution in [0.15, 0.2) is 24.4 Å². The molecule has 2 nitrogen and oxygen atoms in total. The van der Waals surface area contributed by atoms with Gasteiger partial charge in [-0.15, -0.1) is 0 Å². The molecule has 0 aliphatic heterocycles. The molecular formula is C12H9ClF2N2. The second-order valence-corrected chi connectivity index (χ2v) is 4.01. The molecule has 0 amide bonds. The fourth-order valence-electron chi connectivity index (χ4n) is 1.50. The van der Waals surface area contributed by atoms with Crippen LogP contribution in [0.2, 0.25) is 5.15 Å². The number of rotatable bonds is 1. The first-order valence-corrected chi connectivity index (χ1v) is 5.24. The van der Waals surface area contributed by atoms with E-state index in [2.05, 4.69) is 4.98 Å². The highest BCUT2D eigenvalue weighted by atomic mass is 35.5. The summed E-state index contributed by atoms with van der Waals surface area (Å²) < 4.78 is 26.8. The number of hydrogen-bond acceptors (Lipinski definition) is 2. The van der Waals surface area contributed by atoms with Gasteiger partial charge in [-0.25, -0.2) is 13.8 Å². The lowest BCUT2D eigenvalue weighted by Crippen LogP contribution is -1.98. The van der Waals surface area contributed by atoms with Crippen molar-refractivity contribution in [2.24, 2.45) is 0 Å². The number of nitrogen functional groups attached to an aromatic ring is 1. The molecule has 2 aromatic rings. The Balaban J connectivity index is 2.61. The third-order valence-corrected chi connectivity index (χ3v) is 2.85. The third kappa shape index (κ3) is 2.08. The molecule has 0 aliphatic rings. The summed E-state index contributed by atoms with van der Waals surface area (Å²) in [6.45, 7) is 1.75. The molecule has 2 N–H and O–H groups in total. The number of hydrogen-bond donors (Lipinski definition) is 1. The van der Waals surface area contributed by atoms with Crippen molar-refractivity contribution in [2.75, 3.05) is 5.73 Å². The van der Waals surface area contributed by atoms with Crippen LogP contribution < -0.4 is 5.73 Å². The SMILES string of the molecule is Cc1cc(-c2ccc(F)c(N)c2F)cnc1Cl. The zero-order valence-electron chi connectivity index (χ0n) is 8.97. The fourth-order valence-corrected chi connectivity index (χ4v) is 1.60. The predicted molar refractivity (Wildman–Crippen MR) is 63.7 cm³/mol. The number of halogens is 3. The summed E-state index contributed by atoms with van der Waals surface area (Å²) in [5.41, 5.74) is 6.23. The number of pyridine rings is 1. The molecule has 5 heteroatoms. The maximum absolute atomic E-state index is 13.8. The van der Waals surface area contributed by atoms with Gasteiger partial charge in [-0.05, 0) is 30.7 Å². The summed E-state index contributed by atoms with van der Waals surface area (Å²) in [5.74, 6) is -1.56. The highest BCUT2D eigenvalue weighted by Crippen LogP contribution is 2.29. The quantitative estimate of drug-likeness (QED) is 0.624. The lowest BCUT2D eigenvalue weighted by molar-refractivity contribution is 0.594. The minimum atomic E-state index is -0.784. The molecule has 0 unspecified atom stereocenters. The normalized spacial score (nSPS) is 10.6. The standard InChI is InChI=1S/C12H9ClF2N2/c1-6-4-7(5-17-12(6)13)8-2-3-9(14)11(16)10(8)15/h2-5H,16H2,1H3. The van der Waals surface area contributed by atoms with Crippen LogP contribution in [0.4, 0.5) is 14.5 Å². The van der Waals surface area contributed by atoms with Crippen LogP contribution in [0.1, 0.15) is 5.56 Å². The van der Waals surface area contributed by atoms with Crippen LogP contribution in [-0.4, -0.2) is 4.98 Å². The van der Waals surface area contributed by atoms with Gasteiger partial charge in [-0.3, -0.25) is 0 Å². The van der Waals surface area contributed by atoms with E-state index in [0.717, 1.165) is 6.07 Å². The zero-order valence-corrected chi connectivity index (χ0v) is 9.72. The number of aryl methyl sites for hydroxylation is 1. The predicted octanol–water partition coefficient (Wildman–Crippen LogP) is 3.57. The van der Waals surface area contributed by atoms with E-state index >= 15 is 0 Å². The first-order valence-electron chi connectivity index (χ1n) is 4.86. The first-order chi connectivity index (χ1) is 8.00. The van der Waals surface area contributed by atoms with Crippen molar-refractivity contribution in [3.8, 4) is 11.1 Å². The highest BCUT2D eigenvalue weighted by molar-refractivity contribution is 6.30. The number of nitrogens with two attached hydrogens (primary N) is 1. The lowest BCUT2D eigenvalue weighted by Gasteiger charge is -2.07. The average molecular weight is 255 g/mol. The summed E-state index contributed by atoms with van der Waals surface area (Å²) in [7, 11) is 0. The molecule has 1 aromatic carbocycles. The van der Waals surface area contributed by atoms with Crippen LogP contribution in [0.3, 0.4) is 0 Å². The van der Waals surface area contributed by atoms with E-state index in [1.54, 1.807) is 13.0 Å². The van der Waals surface area contributed by atoms with Gasteiger partial charge in [-0.1, -0.05) is 11.6 Å². The van der Waals surface area contributed by atoms with E-state index in [4.69, 9.17) is 17.3 Å². The average Bonchev–Trinajstić information content (AvgIpc) is 2.30. The Morgan fingerprint density at radius 1 is 1.29 bits per heavy atom. The van der Waals surface area contributed by atoms with Gasteiger partial charge in [0.1, 0.15) is 16.7 Å². The molecule has 1 aromatic heterocycles. The van der Waals surface area contributed by atoms with E-state index in [1.807, 2.05) is 0 Å². The molecule has 88 valence electrons. The second-order valence-electron chi connectivity index (χ2n) is 3.65. The lowest BCUT2D eigenvalue weighted by atomic mass is 10.0. The Labute approximate surface area is 102 Å². The Bertz CT molecular complexity index is 585. The molecule has 0 atom stereocenters. The van der Waals surface area contributed by atoms with Gasteiger partial charge in [-0.2, -0.15) is 0 Å². The van der Waals surface area contributed by atoms with Crippen LogP contribution >= 0.6 is 11.6 Å². The molecule has 0 spiro atoms. The Kier molecular flexibility index (Phi) is 2.98. The Hall–Kier alpha value is -1.68. The molecule has 1 heterocycles. The molecule has 0 fully saturated rings. The molecular weight excluding hydrogens is 246 g/mol. The maximum Gasteiger partial charge on any atom is 0.156 e. The van der Waals surface area contributed by atoms with Gasteiger partial charge in [0.15, 0.2) is 5.82 Å². The number of anilines is 1. The summed E-state index contributed by atoms with van der Waals surface area (Å²) in [5, 5.41) is 0.351. The van der Waals surface area contributed by atoms with Crippen molar-refractivity contribution < 1.29 is 8.78 Å². The fraction of sp³-hybridized carbons (Fsp3) is 0.0833. The highest BCUT2D eigenvalue weighted by Gasteiger charge is 2.13. The zero-order chi connectivity index (χ0) is 12.6. The number of aromatic nitrogens is 1. The summed E-state index contributed by atoms with van der Waals surface area (Å²) in [4.78, 5) is 3.91. The van der Waals surface area contributed by atoms with E-state index in [-0.39, 0.29) is 5.56 Å². The van der Waals surface area contributed by atoms with Gasteiger partial charge >= 0.3 is 0 Å². The number of benzene rings is 1. The molecule has 0 aliphatic carbocycles. The second kappa shape index (κ2) is 4.30. The first kappa shape index (κ1) is 11.8. The topological polar surface area (TPSA) is 38.9 Å². The maximum atomic E-state index is 13.8. The molecule has 0 radical (unpaired) electrons. The van der Waals surface area contributed by atoms with Crippen molar-refractivity contribution in [2.45, 2.75) is 6.92 Å². The van der Waals surface area contributed by atoms with Crippen LogP contribution in [-0.2, 0) is 0 Å². The smallest absolute Gasteiger partial charge is 0.156 e. The van der Waals surface area contributed by atoms with Crippen molar-refractivity contribution in [3.63, 3.8) is 0 Å². The monoisotopic (exact) mass is 254 g/mol. The van der Waals surface area contributed by atoms with Crippen molar-refractivity contribution in [1.29, 1.82) is 0 Å². The summed E-state index contributed by atoms with van der Waals surface area (Å²) >= 11 is 5.77. The van der Waals surface area contributed by atoms with Crippen LogP contribution in [0.25, 0.3) is 11.1 Å². The summed E-state index contributed by atoms with van der Waals surface area (Å²) in [6, 6.07) is 4.12. The van der Waals surface area contributed by atoms with Crippen molar-refractivity contribution in [1.82, 2.24) is 4.98 Å². The molecule has 0 bridgehead atoms.